The van der Waals surface area contributed by atoms with Crippen LogP contribution in [0.4, 0.5) is 13.2 Å². The fourth-order valence-electron chi connectivity index (χ4n) is 2.28. The summed E-state index contributed by atoms with van der Waals surface area (Å²) in [4.78, 5) is -1.09. The molecule has 0 atom stereocenters. The quantitative estimate of drug-likeness (QED) is 0.745. The second kappa shape index (κ2) is 6.54. The van der Waals surface area contributed by atoms with Crippen molar-refractivity contribution in [2.75, 3.05) is 12.4 Å². The number of alkyl halides is 1. The van der Waals surface area contributed by atoms with E-state index in [1.165, 1.54) is 0 Å². The average Bonchev–Trinajstić information content (AvgIpc) is 2.29. The van der Waals surface area contributed by atoms with Crippen molar-refractivity contribution in [1.29, 1.82) is 0 Å². The van der Waals surface area contributed by atoms with E-state index in [0.29, 0.717) is 31.4 Å². The average molecular weight is 342 g/mol. The molecule has 21 heavy (non-hydrogen) atoms. The monoisotopic (exact) mass is 341 g/mol. The van der Waals surface area contributed by atoms with Gasteiger partial charge in [0.05, 0.1) is 0 Å². The van der Waals surface area contributed by atoms with E-state index < -0.39 is 32.4 Å². The van der Waals surface area contributed by atoms with Crippen LogP contribution in [0, 0.1) is 17.5 Å². The van der Waals surface area contributed by atoms with E-state index in [4.69, 9.17) is 11.6 Å². The molecule has 1 saturated carbocycles. The van der Waals surface area contributed by atoms with Gasteiger partial charge in [-0.05, 0) is 19.3 Å². The molecule has 0 spiro atoms. The first-order valence-corrected chi connectivity index (χ1v) is 8.57. The summed E-state index contributed by atoms with van der Waals surface area (Å²) in [7, 11) is -4.35. The Kier molecular flexibility index (Phi) is 5.16. The van der Waals surface area contributed by atoms with Crippen LogP contribution in [0.15, 0.2) is 17.0 Å². The van der Waals surface area contributed by atoms with Crippen LogP contribution in [0.3, 0.4) is 0 Å². The van der Waals surface area contributed by atoms with Crippen LogP contribution >= 0.6 is 11.6 Å². The molecule has 2 rings (SSSR count). The van der Waals surface area contributed by atoms with Crippen molar-refractivity contribution < 1.29 is 21.6 Å². The minimum Gasteiger partial charge on any atom is -0.207 e. The van der Waals surface area contributed by atoms with Crippen LogP contribution in [-0.2, 0) is 10.0 Å². The molecule has 0 N–H and O–H groups in total. The number of rotatable bonds is 6. The molecule has 8 heteroatoms. The highest BCUT2D eigenvalue weighted by Crippen LogP contribution is 2.32. The van der Waals surface area contributed by atoms with Crippen molar-refractivity contribution in [3.05, 3.63) is 29.6 Å². The lowest BCUT2D eigenvalue weighted by Gasteiger charge is -2.36. The third-order valence-electron chi connectivity index (χ3n) is 3.52. The zero-order chi connectivity index (χ0) is 15.6. The molecule has 0 aromatic heterocycles. The molecule has 0 amide bonds. The predicted octanol–water partition coefficient (Wildman–Crippen LogP) is 3.28. The highest BCUT2D eigenvalue weighted by atomic mass is 35.5. The maximum absolute atomic E-state index is 13.8. The zero-order valence-corrected chi connectivity index (χ0v) is 12.7. The summed E-state index contributed by atoms with van der Waals surface area (Å²) in [5, 5.41) is 0. The Labute approximate surface area is 126 Å². The van der Waals surface area contributed by atoms with Gasteiger partial charge in [-0.25, -0.2) is 21.6 Å². The summed E-state index contributed by atoms with van der Waals surface area (Å²) in [6.45, 7) is 0.0900. The van der Waals surface area contributed by atoms with Gasteiger partial charge in [-0.3, -0.25) is 0 Å². The van der Waals surface area contributed by atoms with Crippen LogP contribution in [0.1, 0.15) is 25.7 Å². The van der Waals surface area contributed by atoms with Crippen LogP contribution < -0.4 is 0 Å². The van der Waals surface area contributed by atoms with Crippen molar-refractivity contribution in [2.45, 2.75) is 36.6 Å². The Bertz CT molecular complexity index is 597. The molecular weight excluding hydrogens is 327 g/mol. The standard InChI is InChI=1S/C13H15ClF3NO2S/c14-5-2-6-18(10-3-1-4-10)21(19,20)13-11(16)7-9(15)8-12(13)17/h7-8,10H,1-6H2. The lowest BCUT2D eigenvalue weighted by atomic mass is 9.93. The number of hydrogen-bond acceptors (Lipinski definition) is 2. The van der Waals surface area contributed by atoms with E-state index in [9.17, 15) is 21.6 Å². The lowest BCUT2D eigenvalue weighted by molar-refractivity contribution is 0.218. The molecule has 0 radical (unpaired) electrons. The molecule has 1 aromatic carbocycles. The molecular formula is C13H15ClF3NO2S. The smallest absolute Gasteiger partial charge is 0.207 e. The fourth-order valence-corrected chi connectivity index (χ4v) is 4.22. The number of sulfonamides is 1. The van der Waals surface area contributed by atoms with Crippen molar-refractivity contribution >= 4 is 21.6 Å². The van der Waals surface area contributed by atoms with E-state index in [2.05, 4.69) is 0 Å². The molecule has 0 aliphatic heterocycles. The summed E-state index contributed by atoms with van der Waals surface area (Å²) in [6.07, 6.45) is 2.53. The van der Waals surface area contributed by atoms with Crippen LogP contribution in [0.25, 0.3) is 0 Å². The van der Waals surface area contributed by atoms with Crippen molar-refractivity contribution in [2.24, 2.45) is 0 Å². The Hall–Kier alpha value is -0.790. The number of hydrogen-bond donors (Lipinski definition) is 0. The fraction of sp³-hybridized carbons (Fsp3) is 0.538. The van der Waals surface area contributed by atoms with E-state index in [1.54, 1.807) is 0 Å². The van der Waals surface area contributed by atoms with Gasteiger partial charge in [0.25, 0.3) is 0 Å². The molecule has 1 fully saturated rings. The van der Waals surface area contributed by atoms with Gasteiger partial charge in [-0.15, -0.1) is 11.6 Å². The number of nitrogens with zero attached hydrogens (tertiary/aromatic N) is 1. The van der Waals surface area contributed by atoms with Crippen LogP contribution in [-0.4, -0.2) is 31.2 Å². The van der Waals surface area contributed by atoms with Gasteiger partial charge in [0, 0.05) is 30.6 Å². The maximum Gasteiger partial charge on any atom is 0.249 e. The van der Waals surface area contributed by atoms with Crippen molar-refractivity contribution in [3.8, 4) is 0 Å². The molecule has 1 aromatic rings. The normalized spacial score (nSPS) is 16.2. The minimum atomic E-state index is -4.35. The van der Waals surface area contributed by atoms with E-state index >= 15 is 0 Å². The summed E-state index contributed by atoms with van der Waals surface area (Å²) >= 11 is 5.57. The lowest BCUT2D eigenvalue weighted by Crippen LogP contribution is -2.45. The Balaban J connectivity index is 2.42. The topological polar surface area (TPSA) is 37.4 Å². The third-order valence-corrected chi connectivity index (χ3v) is 5.80. The Morgan fingerprint density at radius 1 is 1.19 bits per heavy atom. The van der Waals surface area contributed by atoms with Crippen molar-refractivity contribution in [1.82, 2.24) is 4.31 Å². The molecule has 0 bridgehead atoms. The first kappa shape index (κ1) is 16.6. The van der Waals surface area contributed by atoms with Crippen LogP contribution in [0.2, 0.25) is 0 Å². The molecule has 3 nitrogen and oxygen atoms in total. The van der Waals surface area contributed by atoms with Gasteiger partial charge in [0.15, 0.2) is 4.90 Å². The first-order valence-electron chi connectivity index (χ1n) is 6.60. The van der Waals surface area contributed by atoms with Crippen LogP contribution in [0.5, 0.6) is 0 Å². The molecule has 1 aliphatic carbocycles. The van der Waals surface area contributed by atoms with Gasteiger partial charge >= 0.3 is 0 Å². The highest BCUT2D eigenvalue weighted by Gasteiger charge is 2.37. The maximum atomic E-state index is 13.8. The molecule has 1 aliphatic rings. The number of benzene rings is 1. The third kappa shape index (κ3) is 3.35. The molecule has 0 heterocycles. The van der Waals surface area contributed by atoms with E-state index in [0.717, 1.165) is 10.7 Å². The summed E-state index contributed by atoms with van der Waals surface area (Å²) in [5.41, 5.74) is 0. The van der Waals surface area contributed by atoms with Crippen molar-refractivity contribution in [3.63, 3.8) is 0 Å². The van der Waals surface area contributed by atoms with Gasteiger partial charge < -0.3 is 0 Å². The van der Waals surface area contributed by atoms with Gasteiger partial charge in [-0.2, -0.15) is 4.31 Å². The first-order chi connectivity index (χ1) is 9.87. The predicted molar refractivity (Wildman–Crippen MR) is 73.2 cm³/mol. The largest absolute Gasteiger partial charge is 0.249 e. The van der Waals surface area contributed by atoms with Gasteiger partial charge in [0.2, 0.25) is 10.0 Å². The molecule has 118 valence electrons. The minimum absolute atomic E-state index is 0.0900. The van der Waals surface area contributed by atoms with E-state index in [1.807, 2.05) is 0 Å². The second-order valence-corrected chi connectivity index (χ2v) is 7.15. The molecule has 0 unspecified atom stereocenters. The number of halogens is 4. The zero-order valence-electron chi connectivity index (χ0n) is 11.2. The Morgan fingerprint density at radius 3 is 2.19 bits per heavy atom. The highest BCUT2D eigenvalue weighted by molar-refractivity contribution is 7.89. The van der Waals surface area contributed by atoms with Gasteiger partial charge in [-0.1, -0.05) is 6.42 Å². The van der Waals surface area contributed by atoms with E-state index in [-0.39, 0.29) is 18.5 Å². The SMILES string of the molecule is O=S(=O)(c1c(F)cc(F)cc1F)N(CCCCl)C1CCC1. The second-order valence-electron chi connectivity index (χ2n) is 4.94. The Morgan fingerprint density at radius 2 is 1.76 bits per heavy atom. The summed E-state index contributed by atoms with van der Waals surface area (Å²) in [5.74, 6) is -3.74. The van der Waals surface area contributed by atoms with Gasteiger partial charge in [0.1, 0.15) is 17.5 Å². The summed E-state index contributed by atoms with van der Waals surface area (Å²) < 4.78 is 66.5. The summed E-state index contributed by atoms with van der Waals surface area (Å²) in [6, 6.07) is 0.467. The molecule has 0 saturated heterocycles.